The minimum atomic E-state index is -4.47. The van der Waals surface area contributed by atoms with Crippen molar-refractivity contribution in [3.05, 3.63) is 57.0 Å². The molecule has 7 nitrogen and oxygen atoms in total. The number of nitrogens with zero attached hydrogens (tertiary/aromatic N) is 3. The Morgan fingerprint density at radius 1 is 1.21 bits per heavy atom. The third kappa shape index (κ3) is 4.70. The van der Waals surface area contributed by atoms with Crippen molar-refractivity contribution in [1.29, 1.82) is 0 Å². The summed E-state index contributed by atoms with van der Waals surface area (Å²) in [6.45, 7) is 4.14. The maximum Gasteiger partial charge on any atom is 0.416 e. The number of likely N-dealkylation sites (tertiary alicyclic amines) is 1. The minimum absolute atomic E-state index is 0.122. The first-order valence-electron chi connectivity index (χ1n) is 10.8. The third-order valence-corrected chi connectivity index (χ3v) is 7.22. The highest BCUT2D eigenvalue weighted by molar-refractivity contribution is 7.20. The van der Waals surface area contributed by atoms with Crippen LogP contribution in [0.3, 0.4) is 0 Å². The summed E-state index contributed by atoms with van der Waals surface area (Å²) < 4.78 is 39.5. The highest BCUT2D eigenvalue weighted by Crippen LogP contribution is 2.31. The molecule has 0 radical (unpaired) electrons. The van der Waals surface area contributed by atoms with Crippen LogP contribution in [0, 0.1) is 6.92 Å². The fourth-order valence-corrected chi connectivity index (χ4v) is 5.16. The zero-order valence-electron chi connectivity index (χ0n) is 18.6. The van der Waals surface area contributed by atoms with Crippen LogP contribution in [0.25, 0.3) is 10.2 Å². The van der Waals surface area contributed by atoms with Crippen molar-refractivity contribution in [3.8, 4) is 0 Å². The molecule has 1 fully saturated rings. The molecule has 3 heterocycles. The molecule has 0 saturated carbocycles. The molecule has 1 aromatic carbocycles. The van der Waals surface area contributed by atoms with Crippen molar-refractivity contribution < 1.29 is 22.8 Å². The molecule has 34 heavy (non-hydrogen) atoms. The number of rotatable bonds is 4. The molecule has 2 amide bonds. The number of aryl methyl sites for hydroxylation is 1. The van der Waals surface area contributed by atoms with Gasteiger partial charge in [0.15, 0.2) is 0 Å². The highest BCUT2D eigenvalue weighted by Gasteiger charge is 2.30. The average Bonchev–Trinajstić information content (AvgIpc) is 3.13. The Morgan fingerprint density at radius 3 is 2.56 bits per heavy atom. The second-order valence-corrected chi connectivity index (χ2v) is 9.37. The molecule has 0 unspecified atom stereocenters. The number of thiophene rings is 1. The topological polar surface area (TPSA) is 84.3 Å². The van der Waals surface area contributed by atoms with E-state index in [1.54, 1.807) is 11.8 Å². The lowest BCUT2D eigenvalue weighted by Gasteiger charge is -2.33. The Balaban J connectivity index is 1.56. The van der Waals surface area contributed by atoms with E-state index in [9.17, 15) is 27.6 Å². The molecule has 3 aromatic rings. The molecule has 0 spiro atoms. The molecule has 0 aliphatic carbocycles. The number of nitrogens with one attached hydrogen (secondary N) is 1. The fourth-order valence-electron chi connectivity index (χ4n) is 4.12. The monoisotopic (exact) mass is 492 g/mol. The molecule has 11 heteroatoms. The number of alkyl halides is 3. The van der Waals surface area contributed by atoms with Gasteiger partial charge in [-0.3, -0.25) is 19.0 Å². The van der Waals surface area contributed by atoms with E-state index in [1.807, 2.05) is 6.92 Å². The molecule has 0 bridgehead atoms. The van der Waals surface area contributed by atoms with Gasteiger partial charge in [0.25, 0.3) is 11.5 Å². The first-order valence-corrected chi connectivity index (χ1v) is 11.6. The lowest BCUT2D eigenvalue weighted by Crippen LogP contribution is -2.44. The molecular weight excluding hydrogens is 469 g/mol. The summed E-state index contributed by atoms with van der Waals surface area (Å²) in [5, 5.41) is 2.81. The number of hydrogen-bond donors (Lipinski definition) is 1. The van der Waals surface area contributed by atoms with Crippen molar-refractivity contribution in [3.63, 3.8) is 0 Å². The number of benzene rings is 1. The number of halogens is 3. The summed E-state index contributed by atoms with van der Waals surface area (Å²) in [5.74, 6) is -0.701. The van der Waals surface area contributed by atoms with Gasteiger partial charge in [-0.15, -0.1) is 11.3 Å². The average molecular weight is 493 g/mol. The molecular formula is C23H23F3N4O3S. The number of aromatic nitrogens is 2. The normalized spacial score (nSPS) is 16.6. The van der Waals surface area contributed by atoms with Crippen LogP contribution < -0.4 is 10.9 Å². The second-order valence-electron chi connectivity index (χ2n) is 8.38. The summed E-state index contributed by atoms with van der Waals surface area (Å²) in [4.78, 5) is 45.3. The Kier molecular flexibility index (Phi) is 6.48. The van der Waals surface area contributed by atoms with Crippen LogP contribution in [0.4, 0.5) is 18.9 Å². The van der Waals surface area contributed by atoms with Crippen molar-refractivity contribution in [2.24, 2.45) is 0 Å². The molecule has 1 aliphatic rings. The summed E-state index contributed by atoms with van der Waals surface area (Å²) >= 11 is 1.02. The van der Waals surface area contributed by atoms with Gasteiger partial charge in [0.1, 0.15) is 11.4 Å². The van der Waals surface area contributed by atoms with Crippen LogP contribution in [0.2, 0.25) is 0 Å². The number of carbonyl (C=O) groups excluding carboxylic acids is 2. The van der Waals surface area contributed by atoms with E-state index < -0.39 is 23.2 Å². The van der Waals surface area contributed by atoms with Gasteiger partial charge in [-0.25, -0.2) is 4.98 Å². The molecule has 1 aliphatic heterocycles. The van der Waals surface area contributed by atoms with Crippen molar-refractivity contribution in [2.45, 2.75) is 51.9 Å². The fraction of sp³-hybridized carbons (Fsp3) is 0.391. The maximum absolute atomic E-state index is 13.1. The number of amides is 2. The van der Waals surface area contributed by atoms with Crippen LogP contribution in [-0.4, -0.2) is 38.9 Å². The van der Waals surface area contributed by atoms with E-state index >= 15 is 0 Å². The summed E-state index contributed by atoms with van der Waals surface area (Å²) in [6.07, 6.45) is -0.222. The van der Waals surface area contributed by atoms with Gasteiger partial charge in [-0.05, 0) is 62.9 Å². The predicted octanol–water partition coefficient (Wildman–Crippen LogP) is 4.44. The van der Waals surface area contributed by atoms with Gasteiger partial charge in [-0.2, -0.15) is 13.2 Å². The summed E-state index contributed by atoms with van der Waals surface area (Å²) in [6, 6.07) is 4.22. The van der Waals surface area contributed by atoms with Crippen molar-refractivity contribution >= 4 is 39.1 Å². The molecule has 4 rings (SSSR count). The van der Waals surface area contributed by atoms with Crippen LogP contribution in [-0.2, 0) is 17.5 Å². The van der Waals surface area contributed by atoms with E-state index in [0.717, 1.165) is 42.7 Å². The lowest BCUT2D eigenvalue weighted by atomic mass is 10.0. The van der Waals surface area contributed by atoms with Crippen LogP contribution in [0.15, 0.2) is 35.4 Å². The predicted molar refractivity (Wildman–Crippen MR) is 123 cm³/mol. The van der Waals surface area contributed by atoms with E-state index in [-0.39, 0.29) is 34.4 Å². The number of carbonyl (C=O) groups is 2. The molecule has 1 atom stereocenters. The van der Waals surface area contributed by atoms with Gasteiger partial charge < -0.3 is 10.2 Å². The largest absolute Gasteiger partial charge is 0.416 e. The van der Waals surface area contributed by atoms with Crippen molar-refractivity contribution in [1.82, 2.24) is 14.5 Å². The Morgan fingerprint density at radius 2 is 1.91 bits per heavy atom. The molecule has 1 N–H and O–H groups in total. The minimum Gasteiger partial charge on any atom is -0.338 e. The maximum atomic E-state index is 13.1. The van der Waals surface area contributed by atoms with E-state index in [1.165, 1.54) is 23.0 Å². The van der Waals surface area contributed by atoms with Gasteiger partial charge in [-0.1, -0.05) is 0 Å². The number of hydrogen-bond acceptors (Lipinski definition) is 5. The van der Waals surface area contributed by atoms with E-state index in [4.69, 9.17) is 0 Å². The standard InChI is InChI=1S/C23H23F3N4O3S/c1-13-5-3-4-10-30(13)17(31)11-29-12-27-21-18(22(29)33)14(2)19(34-21)20(32)28-16-8-6-15(7-9-16)23(24,25)26/h6-9,12-13H,3-5,10-11H2,1-2H3,(H,28,32)/t13-/m0/s1. The zero-order chi connectivity index (χ0) is 24.6. The lowest BCUT2D eigenvalue weighted by molar-refractivity contribution is -0.137. The number of fused-ring (bicyclic) bond motifs is 1. The zero-order valence-corrected chi connectivity index (χ0v) is 19.4. The SMILES string of the molecule is Cc1c(C(=O)Nc2ccc(C(F)(F)F)cc2)sc2ncn(CC(=O)N3CCCC[C@@H]3C)c(=O)c12. The van der Waals surface area contributed by atoms with Crippen LogP contribution in [0.1, 0.15) is 47.0 Å². The summed E-state index contributed by atoms with van der Waals surface area (Å²) in [7, 11) is 0. The van der Waals surface area contributed by atoms with Gasteiger partial charge in [0.2, 0.25) is 5.91 Å². The highest BCUT2D eigenvalue weighted by atomic mass is 32.1. The first kappa shape index (κ1) is 23.9. The third-order valence-electron chi connectivity index (χ3n) is 6.02. The quantitative estimate of drug-likeness (QED) is 0.584. The van der Waals surface area contributed by atoms with E-state index in [2.05, 4.69) is 10.3 Å². The Labute approximate surface area is 197 Å². The van der Waals surface area contributed by atoms with E-state index in [0.29, 0.717) is 16.9 Å². The van der Waals surface area contributed by atoms with Crippen LogP contribution >= 0.6 is 11.3 Å². The molecule has 1 saturated heterocycles. The van der Waals surface area contributed by atoms with Gasteiger partial charge in [0.05, 0.1) is 22.2 Å². The number of anilines is 1. The molecule has 180 valence electrons. The summed E-state index contributed by atoms with van der Waals surface area (Å²) in [5.41, 5.74) is -0.622. The molecule has 2 aromatic heterocycles. The number of piperidine rings is 1. The first-order chi connectivity index (χ1) is 16.1. The Bertz CT molecular complexity index is 1300. The second kappa shape index (κ2) is 9.21. The van der Waals surface area contributed by atoms with Crippen molar-refractivity contribution in [2.75, 3.05) is 11.9 Å². The smallest absolute Gasteiger partial charge is 0.338 e. The van der Waals surface area contributed by atoms with Gasteiger partial charge in [0, 0.05) is 18.3 Å². The Hall–Kier alpha value is -3.21. The van der Waals surface area contributed by atoms with Crippen LogP contribution in [0.5, 0.6) is 0 Å². The van der Waals surface area contributed by atoms with Gasteiger partial charge >= 0.3 is 6.18 Å².